The summed E-state index contributed by atoms with van der Waals surface area (Å²) >= 11 is 8.76. The monoisotopic (exact) mass is 342 g/mol. The molecule has 1 aromatic carbocycles. The molecule has 0 aromatic heterocycles. The van der Waals surface area contributed by atoms with Gasteiger partial charge in [-0.1, -0.05) is 46.0 Å². The topological polar surface area (TPSA) is 29.3 Å². The largest absolute Gasteiger partial charge is 0.389 e. The van der Waals surface area contributed by atoms with Gasteiger partial charge in [-0.15, -0.1) is 0 Å². The molecule has 0 saturated heterocycles. The fourth-order valence-corrected chi connectivity index (χ4v) is 3.09. The smallest absolute Gasteiger partial charge is 0.107 e. The highest BCUT2D eigenvalue weighted by Gasteiger charge is 2.17. The third-order valence-corrected chi connectivity index (χ3v) is 3.61. The van der Waals surface area contributed by atoms with E-state index in [0.29, 0.717) is 16.8 Å². The first-order chi connectivity index (χ1) is 8.82. The number of benzene rings is 1. The van der Waals surface area contributed by atoms with E-state index in [-0.39, 0.29) is 0 Å². The van der Waals surface area contributed by atoms with Crippen LogP contribution in [0.4, 0.5) is 5.69 Å². The standard InChI is InChI=1S/C15H23BrN2S/c1-10(2)8-18(9-11(3)4)13-7-5-6-12(16)14(13)15(17)19/h5-7,10-11H,8-9H2,1-4H3,(H2,17,19). The molecule has 0 aliphatic heterocycles. The quantitative estimate of drug-likeness (QED) is 0.785. The molecule has 106 valence electrons. The SMILES string of the molecule is CC(C)CN(CC(C)C)c1cccc(Br)c1C(N)=S. The molecule has 1 rings (SSSR count). The van der Waals surface area contributed by atoms with Crippen molar-refractivity contribution in [2.45, 2.75) is 27.7 Å². The molecule has 1 aromatic rings. The average molecular weight is 343 g/mol. The zero-order valence-corrected chi connectivity index (χ0v) is 14.5. The summed E-state index contributed by atoms with van der Waals surface area (Å²) in [5.74, 6) is 1.19. The van der Waals surface area contributed by atoms with Crippen LogP contribution in [0.15, 0.2) is 22.7 Å². The molecule has 0 fully saturated rings. The second-order valence-corrected chi connectivity index (χ2v) is 6.99. The summed E-state index contributed by atoms with van der Waals surface area (Å²) in [6.07, 6.45) is 0. The molecular formula is C15H23BrN2S. The molecule has 0 atom stereocenters. The lowest BCUT2D eigenvalue weighted by molar-refractivity contribution is 0.552. The molecule has 19 heavy (non-hydrogen) atoms. The van der Waals surface area contributed by atoms with Crippen LogP contribution in [0.2, 0.25) is 0 Å². The van der Waals surface area contributed by atoms with Crippen LogP contribution in [0.25, 0.3) is 0 Å². The third kappa shape index (κ3) is 4.77. The zero-order valence-electron chi connectivity index (χ0n) is 12.1. The van der Waals surface area contributed by atoms with Crippen molar-refractivity contribution < 1.29 is 0 Å². The Kier molecular flexibility index (Phi) is 6.27. The van der Waals surface area contributed by atoms with Crippen molar-refractivity contribution in [2.24, 2.45) is 17.6 Å². The van der Waals surface area contributed by atoms with Crippen molar-refractivity contribution in [1.82, 2.24) is 0 Å². The summed E-state index contributed by atoms with van der Waals surface area (Å²) in [5.41, 5.74) is 7.96. The molecule has 2 N–H and O–H groups in total. The predicted molar refractivity (Wildman–Crippen MR) is 91.9 cm³/mol. The fraction of sp³-hybridized carbons (Fsp3) is 0.533. The Hall–Kier alpha value is -0.610. The van der Waals surface area contributed by atoms with E-state index in [2.05, 4.69) is 54.6 Å². The predicted octanol–water partition coefficient (Wildman–Crippen LogP) is 4.20. The third-order valence-electron chi connectivity index (χ3n) is 2.75. The Morgan fingerprint density at radius 2 is 1.74 bits per heavy atom. The number of hydrogen-bond acceptors (Lipinski definition) is 2. The van der Waals surface area contributed by atoms with E-state index in [1.807, 2.05) is 12.1 Å². The number of nitrogens with two attached hydrogens (primary N) is 1. The lowest BCUT2D eigenvalue weighted by Gasteiger charge is -2.30. The van der Waals surface area contributed by atoms with E-state index in [4.69, 9.17) is 18.0 Å². The van der Waals surface area contributed by atoms with Crippen LogP contribution in [-0.2, 0) is 0 Å². The van der Waals surface area contributed by atoms with Gasteiger partial charge in [0.25, 0.3) is 0 Å². The van der Waals surface area contributed by atoms with E-state index in [9.17, 15) is 0 Å². The summed E-state index contributed by atoms with van der Waals surface area (Å²) < 4.78 is 0.968. The highest BCUT2D eigenvalue weighted by Crippen LogP contribution is 2.29. The molecule has 0 radical (unpaired) electrons. The summed E-state index contributed by atoms with van der Waals surface area (Å²) in [5, 5.41) is 0. The van der Waals surface area contributed by atoms with Gasteiger partial charge in [0.1, 0.15) is 4.99 Å². The number of nitrogens with zero attached hydrogens (tertiary/aromatic N) is 1. The van der Waals surface area contributed by atoms with Gasteiger partial charge in [0.15, 0.2) is 0 Å². The van der Waals surface area contributed by atoms with E-state index >= 15 is 0 Å². The first-order valence-corrected chi connectivity index (χ1v) is 7.86. The minimum atomic E-state index is 0.444. The van der Waals surface area contributed by atoms with Crippen LogP contribution in [0.1, 0.15) is 33.3 Å². The Morgan fingerprint density at radius 3 is 2.16 bits per heavy atom. The molecular weight excluding hydrogens is 320 g/mol. The number of rotatable bonds is 6. The van der Waals surface area contributed by atoms with Crippen molar-refractivity contribution in [2.75, 3.05) is 18.0 Å². The van der Waals surface area contributed by atoms with Crippen LogP contribution >= 0.6 is 28.1 Å². The van der Waals surface area contributed by atoms with Gasteiger partial charge in [0.05, 0.1) is 0 Å². The minimum absolute atomic E-state index is 0.444. The maximum Gasteiger partial charge on any atom is 0.107 e. The number of thiocarbonyl (C=S) groups is 1. The number of halogens is 1. The van der Waals surface area contributed by atoms with Crippen LogP contribution < -0.4 is 10.6 Å². The highest BCUT2D eigenvalue weighted by molar-refractivity contribution is 9.10. The Morgan fingerprint density at radius 1 is 1.21 bits per heavy atom. The lowest BCUT2D eigenvalue weighted by atomic mass is 10.1. The highest BCUT2D eigenvalue weighted by atomic mass is 79.9. The zero-order chi connectivity index (χ0) is 14.6. The molecule has 2 nitrogen and oxygen atoms in total. The Labute approximate surface area is 130 Å². The van der Waals surface area contributed by atoms with Gasteiger partial charge in [0.2, 0.25) is 0 Å². The van der Waals surface area contributed by atoms with E-state index in [1.165, 1.54) is 0 Å². The van der Waals surface area contributed by atoms with Crippen molar-refractivity contribution in [3.8, 4) is 0 Å². The number of hydrogen-bond donors (Lipinski definition) is 1. The van der Waals surface area contributed by atoms with E-state index < -0.39 is 0 Å². The van der Waals surface area contributed by atoms with Gasteiger partial charge in [-0.3, -0.25) is 0 Å². The van der Waals surface area contributed by atoms with E-state index in [0.717, 1.165) is 28.8 Å². The van der Waals surface area contributed by atoms with Crippen LogP contribution in [0, 0.1) is 11.8 Å². The van der Waals surface area contributed by atoms with Crippen LogP contribution in [-0.4, -0.2) is 18.1 Å². The van der Waals surface area contributed by atoms with Gasteiger partial charge in [0, 0.05) is 28.8 Å². The summed E-state index contributed by atoms with van der Waals surface area (Å²) in [6, 6.07) is 6.12. The molecule has 0 spiro atoms. The van der Waals surface area contributed by atoms with Gasteiger partial charge < -0.3 is 10.6 Å². The van der Waals surface area contributed by atoms with Crippen LogP contribution in [0.3, 0.4) is 0 Å². The van der Waals surface area contributed by atoms with Crippen LogP contribution in [0.5, 0.6) is 0 Å². The molecule has 0 bridgehead atoms. The second kappa shape index (κ2) is 7.25. The molecule has 0 unspecified atom stereocenters. The first kappa shape index (κ1) is 16.4. The fourth-order valence-electron chi connectivity index (χ4n) is 2.17. The van der Waals surface area contributed by atoms with Crippen molar-refractivity contribution in [3.05, 3.63) is 28.2 Å². The molecule has 0 aliphatic rings. The Bertz CT molecular complexity index is 434. The number of anilines is 1. The summed E-state index contributed by atoms with van der Waals surface area (Å²) in [4.78, 5) is 2.83. The molecule has 0 saturated carbocycles. The van der Waals surface area contributed by atoms with Crippen molar-refractivity contribution >= 4 is 38.8 Å². The van der Waals surface area contributed by atoms with Gasteiger partial charge in [-0.2, -0.15) is 0 Å². The maximum absolute atomic E-state index is 5.89. The summed E-state index contributed by atoms with van der Waals surface area (Å²) in [6.45, 7) is 10.9. The first-order valence-electron chi connectivity index (χ1n) is 6.66. The van der Waals surface area contributed by atoms with Crippen molar-refractivity contribution in [1.29, 1.82) is 0 Å². The second-order valence-electron chi connectivity index (χ2n) is 5.69. The lowest BCUT2D eigenvalue weighted by Crippen LogP contribution is -2.33. The molecule has 0 amide bonds. The van der Waals surface area contributed by atoms with E-state index in [1.54, 1.807) is 0 Å². The molecule has 4 heteroatoms. The molecule has 0 heterocycles. The molecule has 0 aliphatic carbocycles. The Balaban J connectivity index is 3.21. The van der Waals surface area contributed by atoms with Gasteiger partial charge in [-0.05, 0) is 39.9 Å². The minimum Gasteiger partial charge on any atom is -0.389 e. The maximum atomic E-state index is 5.89. The van der Waals surface area contributed by atoms with Gasteiger partial charge in [-0.25, -0.2) is 0 Å². The summed E-state index contributed by atoms with van der Waals surface area (Å²) in [7, 11) is 0. The van der Waals surface area contributed by atoms with Gasteiger partial charge >= 0.3 is 0 Å². The normalized spacial score (nSPS) is 11.1. The average Bonchev–Trinajstić information content (AvgIpc) is 2.25. The van der Waals surface area contributed by atoms with Crippen molar-refractivity contribution in [3.63, 3.8) is 0 Å².